The highest BCUT2D eigenvalue weighted by molar-refractivity contribution is 6.02. The smallest absolute Gasteiger partial charge is 0.291 e. The molecule has 0 spiro atoms. The summed E-state index contributed by atoms with van der Waals surface area (Å²) in [5.74, 6) is 0.213. The quantitative estimate of drug-likeness (QED) is 0.707. The van der Waals surface area contributed by atoms with Crippen LogP contribution in [0.5, 0.6) is 0 Å². The Balaban J connectivity index is 1.60. The van der Waals surface area contributed by atoms with Crippen LogP contribution in [-0.4, -0.2) is 11.8 Å². The molecular formula is C22H22N2O3. The number of benzene rings is 2. The summed E-state index contributed by atoms with van der Waals surface area (Å²) in [6.07, 6.45) is 0. The van der Waals surface area contributed by atoms with Gasteiger partial charge in [0.05, 0.1) is 6.54 Å². The van der Waals surface area contributed by atoms with Crippen molar-refractivity contribution in [1.82, 2.24) is 5.32 Å². The van der Waals surface area contributed by atoms with Crippen molar-refractivity contribution in [2.75, 3.05) is 5.32 Å². The van der Waals surface area contributed by atoms with E-state index in [1.54, 1.807) is 24.3 Å². The minimum Gasteiger partial charge on any atom is -0.454 e. The third-order valence-electron chi connectivity index (χ3n) is 4.48. The summed E-state index contributed by atoms with van der Waals surface area (Å²) >= 11 is 0. The van der Waals surface area contributed by atoms with Gasteiger partial charge >= 0.3 is 0 Å². The number of carbonyl (C=O) groups is 2. The van der Waals surface area contributed by atoms with Gasteiger partial charge in [0.25, 0.3) is 11.8 Å². The van der Waals surface area contributed by atoms with Crippen molar-refractivity contribution >= 4 is 17.5 Å². The van der Waals surface area contributed by atoms with Crippen LogP contribution in [0.4, 0.5) is 5.69 Å². The molecule has 0 radical (unpaired) electrons. The summed E-state index contributed by atoms with van der Waals surface area (Å²) < 4.78 is 5.57. The van der Waals surface area contributed by atoms with Gasteiger partial charge in [0.2, 0.25) is 0 Å². The van der Waals surface area contributed by atoms with Crippen LogP contribution in [0.15, 0.2) is 59.0 Å². The second kappa shape index (κ2) is 7.91. The summed E-state index contributed by atoms with van der Waals surface area (Å²) in [5.41, 5.74) is 4.55. The standard InChI is InChI=1S/C22H22N2O3/c1-14-7-9-17(10-8-14)21(25)23-13-18-11-12-20(27-18)22(26)24-19-6-4-5-15(2)16(19)3/h4-12H,13H2,1-3H3,(H,23,25)(H,24,26). The van der Waals surface area contributed by atoms with Gasteiger partial charge in [0.15, 0.2) is 5.76 Å². The molecule has 0 aliphatic carbocycles. The molecule has 0 bridgehead atoms. The minimum atomic E-state index is -0.320. The third-order valence-corrected chi connectivity index (χ3v) is 4.48. The minimum absolute atomic E-state index is 0.187. The van der Waals surface area contributed by atoms with Crippen LogP contribution >= 0.6 is 0 Å². The zero-order valence-electron chi connectivity index (χ0n) is 15.6. The van der Waals surface area contributed by atoms with E-state index in [0.29, 0.717) is 11.3 Å². The predicted molar refractivity (Wildman–Crippen MR) is 105 cm³/mol. The van der Waals surface area contributed by atoms with Crippen molar-refractivity contribution in [3.63, 3.8) is 0 Å². The molecule has 5 nitrogen and oxygen atoms in total. The van der Waals surface area contributed by atoms with Crippen LogP contribution in [0.1, 0.15) is 43.4 Å². The Bertz CT molecular complexity index is 971. The van der Waals surface area contributed by atoms with Gasteiger partial charge in [-0.1, -0.05) is 29.8 Å². The van der Waals surface area contributed by atoms with E-state index in [1.807, 2.05) is 51.1 Å². The van der Waals surface area contributed by atoms with Gasteiger partial charge in [-0.3, -0.25) is 9.59 Å². The molecule has 0 atom stereocenters. The van der Waals surface area contributed by atoms with Gasteiger partial charge in [-0.25, -0.2) is 0 Å². The second-order valence-electron chi connectivity index (χ2n) is 6.52. The Labute approximate surface area is 158 Å². The lowest BCUT2D eigenvalue weighted by molar-refractivity contribution is 0.0948. The molecule has 0 fully saturated rings. The Morgan fingerprint density at radius 1 is 0.889 bits per heavy atom. The fraction of sp³-hybridized carbons (Fsp3) is 0.182. The topological polar surface area (TPSA) is 71.3 Å². The summed E-state index contributed by atoms with van der Waals surface area (Å²) in [6.45, 7) is 6.13. The molecule has 5 heteroatoms. The maximum Gasteiger partial charge on any atom is 0.291 e. The summed E-state index contributed by atoms with van der Waals surface area (Å²) in [7, 11) is 0. The number of anilines is 1. The fourth-order valence-corrected chi connectivity index (χ4v) is 2.64. The van der Waals surface area contributed by atoms with E-state index in [4.69, 9.17) is 4.42 Å². The molecule has 3 aromatic rings. The average Bonchev–Trinajstić information content (AvgIpc) is 3.13. The van der Waals surface area contributed by atoms with Crippen LogP contribution in [-0.2, 0) is 6.54 Å². The van der Waals surface area contributed by atoms with Crippen molar-refractivity contribution in [1.29, 1.82) is 0 Å². The van der Waals surface area contributed by atoms with Crippen molar-refractivity contribution in [2.45, 2.75) is 27.3 Å². The molecule has 3 rings (SSSR count). The number of rotatable bonds is 5. The lowest BCUT2D eigenvalue weighted by atomic mass is 10.1. The van der Waals surface area contributed by atoms with Gasteiger partial charge in [-0.15, -0.1) is 0 Å². The molecule has 0 aliphatic rings. The highest BCUT2D eigenvalue weighted by Gasteiger charge is 2.14. The van der Waals surface area contributed by atoms with E-state index in [-0.39, 0.29) is 24.1 Å². The third kappa shape index (κ3) is 4.44. The van der Waals surface area contributed by atoms with Crippen LogP contribution in [0.25, 0.3) is 0 Å². The Kier molecular flexibility index (Phi) is 5.41. The first-order valence-electron chi connectivity index (χ1n) is 8.75. The van der Waals surface area contributed by atoms with Crippen LogP contribution in [0.2, 0.25) is 0 Å². The molecule has 2 N–H and O–H groups in total. The van der Waals surface area contributed by atoms with Crippen molar-refractivity contribution < 1.29 is 14.0 Å². The van der Waals surface area contributed by atoms with Crippen LogP contribution < -0.4 is 10.6 Å². The molecule has 1 heterocycles. The number of nitrogens with one attached hydrogen (secondary N) is 2. The first-order valence-corrected chi connectivity index (χ1v) is 8.75. The SMILES string of the molecule is Cc1ccc(C(=O)NCc2ccc(C(=O)Nc3cccc(C)c3C)o2)cc1. The molecule has 0 aliphatic heterocycles. The number of amides is 2. The first-order chi connectivity index (χ1) is 12.9. The molecule has 1 aromatic heterocycles. The van der Waals surface area contributed by atoms with Gasteiger partial charge < -0.3 is 15.1 Å². The summed E-state index contributed by atoms with van der Waals surface area (Å²) in [6, 6.07) is 16.4. The number of hydrogen-bond donors (Lipinski definition) is 2. The largest absolute Gasteiger partial charge is 0.454 e. The zero-order valence-corrected chi connectivity index (χ0v) is 15.6. The molecular weight excluding hydrogens is 340 g/mol. The van der Waals surface area contributed by atoms with Crippen molar-refractivity contribution in [3.8, 4) is 0 Å². The van der Waals surface area contributed by atoms with Crippen LogP contribution in [0.3, 0.4) is 0 Å². The molecule has 2 amide bonds. The van der Waals surface area contributed by atoms with Crippen molar-refractivity contribution in [2.24, 2.45) is 0 Å². The highest BCUT2D eigenvalue weighted by atomic mass is 16.4. The summed E-state index contributed by atoms with van der Waals surface area (Å²) in [5, 5.41) is 5.65. The van der Waals surface area contributed by atoms with E-state index in [1.165, 1.54) is 0 Å². The highest BCUT2D eigenvalue weighted by Crippen LogP contribution is 2.19. The lowest BCUT2D eigenvalue weighted by Crippen LogP contribution is -2.22. The zero-order chi connectivity index (χ0) is 19.4. The first kappa shape index (κ1) is 18.5. The monoisotopic (exact) mass is 362 g/mol. The predicted octanol–water partition coefficient (Wildman–Crippen LogP) is 4.39. The van der Waals surface area contributed by atoms with Gasteiger partial charge in [-0.05, 0) is 62.2 Å². The molecule has 0 saturated carbocycles. The molecule has 0 unspecified atom stereocenters. The Hall–Kier alpha value is -3.34. The molecule has 2 aromatic carbocycles. The van der Waals surface area contributed by atoms with E-state index < -0.39 is 0 Å². The molecule has 0 saturated heterocycles. The normalized spacial score (nSPS) is 10.5. The lowest BCUT2D eigenvalue weighted by Gasteiger charge is -2.09. The van der Waals surface area contributed by atoms with Gasteiger partial charge in [0.1, 0.15) is 5.76 Å². The average molecular weight is 362 g/mol. The van der Waals surface area contributed by atoms with Crippen LogP contribution in [0, 0.1) is 20.8 Å². The fourth-order valence-electron chi connectivity index (χ4n) is 2.64. The van der Waals surface area contributed by atoms with E-state index >= 15 is 0 Å². The van der Waals surface area contributed by atoms with Gasteiger partial charge in [0, 0.05) is 11.3 Å². The number of aryl methyl sites for hydroxylation is 2. The van der Waals surface area contributed by atoms with Crippen molar-refractivity contribution in [3.05, 3.63) is 88.4 Å². The van der Waals surface area contributed by atoms with E-state index in [2.05, 4.69) is 10.6 Å². The molecule has 138 valence electrons. The number of carbonyl (C=O) groups excluding carboxylic acids is 2. The second-order valence-corrected chi connectivity index (χ2v) is 6.52. The summed E-state index contributed by atoms with van der Waals surface area (Å²) in [4.78, 5) is 24.5. The number of furan rings is 1. The van der Waals surface area contributed by atoms with E-state index in [0.717, 1.165) is 22.4 Å². The van der Waals surface area contributed by atoms with E-state index in [9.17, 15) is 9.59 Å². The maximum absolute atomic E-state index is 12.4. The maximum atomic E-state index is 12.4. The number of hydrogen-bond acceptors (Lipinski definition) is 3. The van der Waals surface area contributed by atoms with Gasteiger partial charge in [-0.2, -0.15) is 0 Å². The Morgan fingerprint density at radius 3 is 2.37 bits per heavy atom. The Morgan fingerprint density at radius 2 is 1.63 bits per heavy atom. The molecule has 27 heavy (non-hydrogen) atoms.